The van der Waals surface area contributed by atoms with E-state index in [1.807, 2.05) is 0 Å². The highest BCUT2D eigenvalue weighted by atomic mass is 16.7. The zero-order valence-corrected chi connectivity index (χ0v) is 26.1. The molecule has 0 unspecified atom stereocenters. The van der Waals surface area contributed by atoms with Crippen molar-refractivity contribution in [2.75, 3.05) is 28.1 Å². The number of esters is 2. The summed E-state index contributed by atoms with van der Waals surface area (Å²) >= 11 is 0. The number of fused-ring (bicyclic) bond motifs is 4. The second-order valence-electron chi connectivity index (χ2n) is 11.0. The molecule has 0 saturated carbocycles. The highest BCUT2D eigenvalue weighted by Crippen LogP contribution is 2.61. The van der Waals surface area contributed by atoms with E-state index >= 15 is 0 Å². The molecule has 0 spiro atoms. The van der Waals surface area contributed by atoms with E-state index in [0.717, 1.165) is 0 Å². The van der Waals surface area contributed by atoms with Gasteiger partial charge in [0, 0.05) is 33.7 Å². The molecule has 0 saturated heterocycles. The number of rotatable bonds is 7. The zero-order chi connectivity index (χ0) is 32.6. The first-order valence-electron chi connectivity index (χ1n) is 14.3. The Bertz CT molecular complexity index is 1660. The van der Waals surface area contributed by atoms with Crippen LogP contribution in [0.4, 0.5) is 0 Å². The van der Waals surface area contributed by atoms with E-state index in [-0.39, 0.29) is 52.0 Å². The van der Waals surface area contributed by atoms with Crippen LogP contribution in [0.25, 0.3) is 11.1 Å². The number of carbonyl (C=O) groups is 2. The number of phenols is 1. The van der Waals surface area contributed by atoms with Crippen LogP contribution in [0.1, 0.15) is 61.4 Å². The molecule has 3 aromatic carbocycles. The Kier molecular flexibility index (Phi) is 8.57. The maximum absolute atomic E-state index is 13.6. The van der Waals surface area contributed by atoms with Crippen molar-refractivity contribution in [2.45, 2.75) is 45.5 Å². The average Bonchev–Trinajstić information content (AvgIpc) is 3.52. The molecule has 1 heterocycles. The molecule has 11 heteroatoms. The fourth-order valence-corrected chi connectivity index (χ4v) is 5.73. The molecule has 11 nitrogen and oxygen atoms in total. The minimum Gasteiger partial charge on any atom is -0.504 e. The molecule has 0 amide bonds. The highest BCUT2D eigenvalue weighted by Gasteiger charge is 2.51. The van der Waals surface area contributed by atoms with E-state index in [9.17, 15) is 19.8 Å². The lowest BCUT2D eigenvalue weighted by molar-refractivity contribution is -0.165. The summed E-state index contributed by atoms with van der Waals surface area (Å²) in [5.74, 6) is -1.87. The molecule has 45 heavy (non-hydrogen) atoms. The summed E-state index contributed by atoms with van der Waals surface area (Å²) in [4.78, 5) is 26.9. The molecule has 1 aliphatic heterocycles. The fraction of sp³-hybridized carbons (Fsp3) is 0.353. The first kappa shape index (κ1) is 31.5. The molecule has 2 aliphatic rings. The summed E-state index contributed by atoms with van der Waals surface area (Å²) in [6.07, 6.45) is -0.995. The standard InChI is InChI=1S/C34H36O11/c1-8-17(2)32(36)44-27-18(3)34(4,38)31(45-33(37)19-12-10-9-11-13-19)21-15-22(39-5)28(40-6)26(35)24(21)25-20(27)14-23-29(30(25)41-7)43-16-42-23/h8-15,18,27,31,35,38H,16H2,1-7H3/b17-8-/t18-,27+,31-,34+/m1/s1. The van der Waals surface area contributed by atoms with Gasteiger partial charge in [-0.2, -0.15) is 0 Å². The van der Waals surface area contributed by atoms with Gasteiger partial charge in [0.1, 0.15) is 11.7 Å². The van der Waals surface area contributed by atoms with Gasteiger partial charge >= 0.3 is 11.9 Å². The van der Waals surface area contributed by atoms with Gasteiger partial charge in [0.2, 0.25) is 18.3 Å². The van der Waals surface area contributed by atoms with Gasteiger partial charge in [-0.15, -0.1) is 0 Å². The Balaban J connectivity index is 1.90. The Morgan fingerprint density at radius 2 is 1.64 bits per heavy atom. The van der Waals surface area contributed by atoms with E-state index < -0.39 is 41.4 Å². The van der Waals surface area contributed by atoms with Crippen LogP contribution < -0.4 is 23.7 Å². The summed E-state index contributed by atoms with van der Waals surface area (Å²) in [6, 6.07) is 11.5. The van der Waals surface area contributed by atoms with Crippen molar-refractivity contribution >= 4 is 11.9 Å². The third-order valence-corrected chi connectivity index (χ3v) is 8.50. The second kappa shape index (κ2) is 12.2. The van der Waals surface area contributed by atoms with Gasteiger partial charge in [-0.3, -0.25) is 0 Å². The van der Waals surface area contributed by atoms with Gasteiger partial charge < -0.3 is 43.4 Å². The molecule has 3 aromatic rings. The number of aromatic hydroxyl groups is 1. The molecule has 1 aliphatic carbocycles. The van der Waals surface area contributed by atoms with Gasteiger partial charge in [0.25, 0.3) is 0 Å². The van der Waals surface area contributed by atoms with Crippen LogP contribution in [-0.4, -0.2) is 55.9 Å². The number of hydrogen-bond donors (Lipinski definition) is 2. The molecule has 0 fully saturated rings. The van der Waals surface area contributed by atoms with E-state index in [4.69, 9.17) is 33.2 Å². The van der Waals surface area contributed by atoms with E-state index in [2.05, 4.69) is 0 Å². The summed E-state index contributed by atoms with van der Waals surface area (Å²) in [5, 5.41) is 24.3. The van der Waals surface area contributed by atoms with Crippen molar-refractivity contribution in [2.24, 2.45) is 5.92 Å². The van der Waals surface area contributed by atoms with Gasteiger partial charge in [0.15, 0.2) is 29.1 Å². The lowest BCUT2D eigenvalue weighted by Gasteiger charge is -2.43. The molecule has 0 aromatic heterocycles. The van der Waals surface area contributed by atoms with Crippen LogP contribution in [0.3, 0.4) is 0 Å². The Labute approximate surface area is 260 Å². The third kappa shape index (κ3) is 5.27. The van der Waals surface area contributed by atoms with Crippen LogP contribution in [0, 0.1) is 5.92 Å². The number of aliphatic hydroxyl groups is 1. The van der Waals surface area contributed by atoms with Crippen LogP contribution in [0.2, 0.25) is 0 Å². The smallest absolute Gasteiger partial charge is 0.338 e. The first-order valence-corrected chi connectivity index (χ1v) is 14.3. The summed E-state index contributed by atoms with van der Waals surface area (Å²) < 4.78 is 40.7. The third-order valence-electron chi connectivity index (χ3n) is 8.50. The molecular formula is C34H36O11. The largest absolute Gasteiger partial charge is 0.504 e. The van der Waals surface area contributed by atoms with Gasteiger partial charge in [-0.05, 0) is 45.0 Å². The van der Waals surface area contributed by atoms with Crippen molar-refractivity contribution in [3.05, 3.63) is 70.8 Å². The van der Waals surface area contributed by atoms with Gasteiger partial charge in [0.05, 0.1) is 26.9 Å². The van der Waals surface area contributed by atoms with E-state index in [0.29, 0.717) is 16.9 Å². The Morgan fingerprint density at radius 3 is 2.27 bits per heavy atom. The number of methoxy groups -OCH3 is 3. The maximum atomic E-state index is 13.6. The van der Waals surface area contributed by atoms with E-state index in [1.165, 1.54) is 34.3 Å². The highest BCUT2D eigenvalue weighted by molar-refractivity contribution is 5.92. The number of hydrogen-bond acceptors (Lipinski definition) is 11. The predicted molar refractivity (Wildman–Crippen MR) is 162 cm³/mol. The maximum Gasteiger partial charge on any atom is 0.338 e. The molecule has 2 N–H and O–H groups in total. The minimum atomic E-state index is -1.92. The second-order valence-corrected chi connectivity index (χ2v) is 11.0. The van der Waals surface area contributed by atoms with Crippen LogP contribution in [0.15, 0.2) is 54.1 Å². The Morgan fingerprint density at radius 1 is 0.956 bits per heavy atom. The Hall–Kier alpha value is -4.90. The SMILES string of the molecule is C/C=C(/C)C(=O)O[C@@H]1c2cc3c(c(OC)c2-c2c(cc(OC)c(OC)c2O)[C@@H](OC(=O)c2ccccc2)[C@@](C)(O)[C@@H]1C)OCO3. The van der Waals surface area contributed by atoms with Crippen molar-refractivity contribution in [3.8, 4) is 45.6 Å². The summed E-state index contributed by atoms with van der Waals surface area (Å²) in [5.41, 5.74) is -0.478. The lowest BCUT2D eigenvalue weighted by Crippen LogP contribution is -2.46. The minimum absolute atomic E-state index is 0.0263. The molecule has 5 rings (SSSR count). The van der Waals surface area contributed by atoms with E-state index in [1.54, 1.807) is 63.2 Å². The average molecular weight is 621 g/mol. The molecule has 238 valence electrons. The van der Waals surface area contributed by atoms with Crippen molar-refractivity contribution < 1.29 is 53.0 Å². The van der Waals surface area contributed by atoms with Crippen LogP contribution >= 0.6 is 0 Å². The number of phenolic OH excluding ortho intramolecular Hbond substituents is 1. The molecule has 0 radical (unpaired) electrons. The molecular weight excluding hydrogens is 584 g/mol. The van der Waals surface area contributed by atoms with Gasteiger partial charge in [-0.25, -0.2) is 9.59 Å². The van der Waals surface area contributed by atoms with Crippen LogP contribution in [0.5, 0.6) is 34.5 Å². The number of benzene rings is 3. The first-order chi connectivity index (χ1) is 21.5. The number of allylic oxidation sites excluding steroid dienone is 1. The topological polar surface area (TPSA) is 139 Å². The monoisotopic (exact) mass is 620 g/mol. The van der Waals surface area contributed by atoms with Crippen LogP contribution in [-0.2, 0) is 14.3 Å². The normalized spacial score (nSPS) is 21.9. The quantitative estimate of drug-likeness (QED) is 0.250. The summed E-state index contributed by atoms with van der Waals surface area (Å²) in [6.45, 7) is 6.37. The number of carbonyl (C=O) groups excluding carboxylic acids is 2. The predicted octanol–water partition coefficient (Wildman–Crippen LogP) is 5.66. The summed E-state index contributed by atoms with van der Waals surface area (Å²) in [7, 11) is 4.18. The van der Waals surface area contributed by atoms with Crippen molar-refractivity contribution in [3.63, 3.8) is 0 Å². The zero-order valence-electron chi connectivity index (χ0n) is 26.1. The lowest BCUT2D eigenvalue weighted by atomic mass is 9.71. The molecule has 4 atom stereocenters. The van der Waals surface area contributed by atoms with Gasteiger partial charge in [-0.1, -0.05) is 31.2 Å². The fourth-order valence-electron chi connectivity index (χ4n) is 5.73. The van der Waals surface area contributed by atoms with Crippen molar-refractivity contribution in [1.82, 2.24) is 0 Å². The molecule has 0 bridgehead atoms. The van der Waals surface area contributed by atoms with Crippen molar-refractivity contribution in [1.29, 1.82) is 0 Å². The number of ether oxygens (including phenoxy) is 7.